The van der Waals surface area contributed by atoms with E-state index in [-0.39, 0.29) is 5.28 Å². The van der Waals surface area contributed by atoms with Crippen molar-refractivity contribution in [3.8, 4) is 0 Å². The van der Waals surface area contributed by atoms with Crippen LogP contribution in [0.5, 0.6) is 0 Å². The molecule has 0 saturated heterocycles. The second kappa shape index (κ2) is 4.97. The first kappa shape index (κ1) is 9.31. The van der Waals surface area contributed by atoms with Crippen LogP contribution in [0.15, 0.2) is 6.20 Å². The molecule has 0 radical (unpaired) electrons. The standard InChI is InChI=1S/C6H10ClN5/c7-6-10-4-5(11-12-6)3-9-2-1-8/h4,9H,1-3,8H2. The van der Waals surface area contributed by atoms with Gasteiger partial charge in [-0.05, 0) is 11.6 Å². The van der Waals surface area contributed by atoms with Crippen LogP contribution in [0.3, 0.4) is 0 Å². The molecule has 0 bridgehead atoms. The zero-order valence-electron chi connectivity index (χ0n) is 6.50. The van der Waals surface area contributed by atoms with Crippen LogP contribution in [0.2, 0.25) is 5.28 Å². The molecule has 0 aliphatic rings. The molecule has 0 unspecified atom stereocenters. The largest absolute Gasteiger partial charge is 0.329 e. The van der Waals surface area contributed by atoms with Crippen LogP contribution in [0.4, 0.5) is 0 Å². The normalized spacial score (nSPS) is 10.2. The van der Waals surface area contributed by atoms with Crippen LogP contribution in [-0.4, -0.2) is 28.3 Å². The van der Waals surface area contributed by atoms with Gasteiger partial charge in [-0.3, -0.25) is 0 Å². The molecule has 0 spiro atoms. The van der Waals surface area contributed by atoms with E-state index >= 15 is 0 Å². The van der Waals surface area contributed by atoms with Crippen LogP contribution >= 0.6 is 11.6 Å². The van der Waals surface area contributed by atoms with E-state index in [1.807, 2.05) is 0 Å². The molecule has 0 aromatic carbocycles. The van der Waals surface area contributed by atoms with Gasteiger partial charge < -0.3 is 11.1 Å². The van der Waals surface area contributed by atoms with Crippen molar-refractivity contribution >= 4 is 11.6 Å². The molecule has 0 aliphatic heterocycles. The van der Waals surface area contributed by atoms with Crippen molar-refractivity contribution in [1.29, 1.82) is 0 Å². The van der Waals surface area contributed by atoms with Crippen LogP contribution in [0.25, 0.3) is 0 Å². The molecule has 12 heavy (non-hydrogen) atoms. The van der Waals surface area contributed by atoms with Gasteiger partial charge in [-0.25, -0.2) is 4.98 Å². The summed E-state index contributed by atoms with van der Waals surface area (Å²) in [7, 11) is 0. The Morgan fingerprint density at radius 3 is 2.92 bits per heavy atom. The number of rotatable bonds is 4. The second-order valence-electron chi connectivity index (χ2n) is 2.18. The molecule has 0 fully saturated rings. The van der Waals surface area contributed by atoms with Crippen molar-refractivity contribution in [2.45, 2.75) is 6.54 Å². The topological polar surface area (TPSA) is 76.7 Å². The lowest BCUT2D eigenvalue weighted by Gasteiger charge is -1.99. The highest BCUT2D eigenvalue weighted by Crippen LogP contribution is 1.95. The fourth-order valence-electron chi connectivity index (χ4n) is 0.684. The molecule has 0 saturated carbocycles. The highest BCUT2D eigenvalue weighted by Gasteiger charge is 1.95. The average molecular weight is 188 g/mol. The third kappa shape index (κ3) is 3.08. The van der Waals surface area contributed by atoms with Gasteiger partial charge in [-0.15, -0.1) is 10.2 Å². The van der Waals surface area contributed by atoms with Gasteiger partial charge in [-0.2, -0.15) is 0 Å². The molecule has 1 heterocycles. The molecular formula is C6H10ClN5. The van der Waals surface area contributed by atoms with Crippen LogP contribution in [0.1, 0.15) is 5.69 Å². The SMILES string of the molecule is NCCNCc1cnc(Cl)nn1. The quantitative estimate of drug-likeness (QED) is 0.626. The van der Waals surface area contributed by atoms with Crippen molar-refractivity contribution in [3.63, 3.8) is 0 Å². The summed E-state index contributed by atoms with van der Waals surface area (Å²) in [5.74, 6) is 0. The van der Waals surface area contributed by atoms with Crippen LogP contribution < -0.4 is 11.1 Å². The van der Waals surface area contributed by atoms with E-state index in [1.165, 1.54) is 0 Å². The third-order valence-electron chi connectivity index (χ3n) is 1.21. The smallest absolute Gasteiger partial charge is 0.242 e. The van der Waals surface area contributed by atoms with Gasteiger partial charge in [0.2, 0.25) is 5.28 Å². The Hall–Kier alpha value is -0.780. The first-order chi connectivity index (χ1) is 5.83. The maximum atomic E-state index is 5.45. The van der Waals surface area contributed by atoms with E-state index in [9.17, 15) is 0 Å². The summed E-state index contributed by atoms with van der Waals surface area (Å²) >= 11 is 5.45. The fourth-order valence-corrected chi connectivity index (χ4v) is 0.771. The van der Waals surface area contributed by atoms with Gasteiger partial charge in [0.15, 0.2) is 0 Å². The molecule has 1 aromatic heterocycles. The number of nitrogens with one attached hydrogen (secondary N) is 1. The minimum Gasteiger partial charge on any atom is -0.329 e. The molecule has 0 amide bonds. The Labute approximate surface area is 75.3 Å². The highest BCUT2D eigenvalue weighted by atomic mass is 35.5. The lowest BCUT2D eigenvalue weighted by atomic mass is 10.4. The van der Waals surface area contributed by atoms with E-state index in [2.05, 4.69) is 20.5 Å². The van der Waals surface area contributed by atoms with Crippen LogP contribution in [-0.2, 0) is 6.54 Å². The predicted octanol–water partition coefficient (Wildman–Crippen LogP) is -0.427. The molecule has 0 atom stereocenters. The monoisotopic (exact) mass is 187 g/mol. The molecule has 66 valence electrons. The summed E-state index contributed by atoms with van der Waals surface area (Å²) in [4.78, 5) is 3.78. The predicted molar refractivity (Wildman–Crippen MR) is 45.6 cm³/mol. The zero-order chi connectivity index (χ0) is 8.81. The summed E-state index contributed by atoms with van der Waals surface area (Å²) in [6, 6.07) is 0. The number of hydrogen-bond acceptors (Lipinski definition) is 5. The maximum absolute atomic E-state index is 5.45. The third-order valence-corrected chi connectivity index (χ3v) is 1.38. The summed E-state index contributed by atoms with van der Waals surface area (Å²) in [6.07, 6.45) is 1.58. The van der Waals surface area contributed by atoms with E-state index in [0.29, 0.717) is 13.1 Å². The zero-order valence-corrected chi connectivity index (χ0v) is 7.25. The van der Waals surface area contributed by atoms with E-state index in [1.54, 1.807) is 6.20 Å². The number of nitrogens with zero attached hydrogens (tertiary/aromatic N) is 3. The molecular weight excluding hydrogens is 178 g/mol. The van der Waals surface area contributed by atoms with Crippen LogP contribution in [0, 0.1) is 0 Å². The summed E-state index contributed by atoms with van der Waals surface area (Å²) in [5.41, 5.74) is 6.04. The Bertz CT molecular complexity index is 224. The summed E-state index contributed by atoms with van der Waals surface area (Å²) in [6.45, 7) is 1.98. The van der Waals surface area contributed by atoms with E-state index < -0.39 is 0 Å². The average Bonchev–Trinajstić information content (AvgIpc) is 2.09. The van der Waals surface area contributed by atoms with Crippen molar-refractivity contribution in [3.05, 3.63) is 17.2 Å². The summed E-state index contributed by atoms with van der Waals surface area (Å²) in [5, 5.41) is 10.6. The second-order valence-corrected chi connectivity index (χ2v) is 2.52. The maximum Gasteiger partial charge on any atom is 0.242 e. The molecule has 5 nitrogen and oxygen atoms in total. The fraction of sp³-hybridized carbons (Fsp3) is 0.500. The number of hydrogen-bond donors (Lipinski definition) is 2. The molecule has 1 rings (SSSR count). The van der Waals surface area contributed by atoms with Gasteiger partial charge in [0, 0.05) is 19.6 Å². The van der Waals surface area contributed by atoms with Crippen molar-refractivity contribution in [2.75, 3.05) is 13.1 Å². The molecule has 1 aromatic rings. The Kier molecular flexibility index (Phi) is 3.86. The number of halogens is 1. The first-order valence-corrected chi connectivity index (χ1v) is 3.95. The first-order valence-electron chi connectivity index (χ1n) is 3.58. The summed E-state index contributed by atoms with van der Waals surface area (Å²) < 4.78 is 0. The van der Waals surface area contributed by atoms with Gasteiger partial charge in [0.25, 0.3) is 0 Å². The van der Waals surface area contributed by atoms with E-state index in [0.717, 1.165) is 12.2 Å². The minimum atomic E-state index is 0.164. The van der Waals surface area contributed by atoms with E-state index in [4.69, 9.17) is 17.3 Å². The van der Waals surface area contributed by atoms with Gasteiger partial charge in [0.1, 0.15) is 0 Å². The minimum absolute atomic E-state index is 0.164. The van der Waals surface area contributed by atoms with Crippen molar-refractivity contribution in [2.24, 2.45) is 5.73 Å². The molecule has 6 heteroatoms. The van der Waals surface area contributed by atoms with Crippen molar-refractivity contribution in [1.82, 2.24) is 20.5 Å². The van der Waals surface area contributed by atoms with Gasteiger partial charge in [-0.1, -0.05) is 0 Å². The Morgan fingerprint density at radius 1 is 1.50 bits per heavy atom. The molecule has 0 aliphatic carbocycles. The highest BCUT2D eigenvalue weighted by molar-refractivity contribution is 6.28. The lowest BCUT2D eigenvalue weighted by Crippen LogP contribution is -2.22. The Morgan fingerprint density at radius 2 is 2.33 bits per heavy atom. The number of nitrogens with two attached hydrogens (primary N) is 1. The Balaban J connectivity index is 2.37. The van der Waals surface area contributed by atoms with Gasteiger partial charge in [0.05, 0.1) is 11.9 Å². The molecule has 3 N–H and O–H groups in total. The number of aromatic nitrogens is 3. The lowest BCUT2D eigenvalue weighted by molar-refractivity contribution is 0.668. The van der Waals surface area contributed by atoms with Gasteiger partial charge >= 0.3 is 0 Å². The van der Waals surface area contributed by atoms with Crippen molar-refractivity contribution < 1.29 is 0 Å².